The van der Waals surface area contributed by atoms with Crippen LogP contribution in [0, 0.1) is 5.41 Å². The average molecular weight is 456 g/mol. The molecule has 2 amide bonds. The molecule has 2 N–H and O–H groups in total. The summed E-state index contributed by atoms with van der Waals surface area (Å²) < 4.78 is 0. The van der Waals surface area contributed by atoms with Crippen molar-refractivity contribution in [2.24, 2.45) is 5.41 Å². The number of rotatable bonds is 3. The summed E-state index contributed by atoms with van der Waals surface area (Å²) in [4.78, 5) is 36.7. The van der Waals surface area contributed by atoms with Crippen molar-refractivity contribution < 1.29 is 9.59 Å². The summed E-state index contributed by atoms with van der Waals surface area (Å²) in [5.74, 6) is -0.0792. The molecule has 1 aromatic carbocycles. The van der Waals surface area contributed by atoms with Crippen LogP contribution < -0.4 is 5.32 Å². The Balaban J connectivity index is 1.16. The number of nitrogens with one attached hydrogen (secondary N) is 2. The van der Waals surface area contributed by atoms with Gasteiger partial charge in [-0.25, -0.2) is 4.98 Å². The Morgan fingerprint density at radius 2 is 1.97 bits per heavy atom. The van der Waals surface area contributed by atoms with Crippen molar-refractivity contribution in [3.05, 3.63) is 60.0 Å². The lowest BCUT2D eigenvalue weighted by atomic mass is 9.74. The van der Waals surface area contributed by atoms with Gasteiger partial charge in [-0.3, -0.25) is 14.6 Å². The Morgan fingerprint density at radius 3 is 2.85 bits per heavy atom. The lowest BCUT2D eigenvalue weighted by Gasteiger charge is -2.43. The lowest BCUT2D eigenvalue weighted by Crippen LogP contribution is -2.51. The molecule has 1 aliphatic heterocycles. The number of carbonyl (C=O) groups is 2. The molecule has 9 nitrogen and oxygen atoms in total. The van der Waals surface area contributed by atoms with E-state index in [4.69, 9.17) is 0 Å². The van der Waals surface area contributed by atoms with Gasteiger partial charge >= 0.3 is 0 Å². The maximum atomic E-state index is 13.4. The quantitative estimate of drug-likeness (QED) is 0.490. The summed E-state index contributed by atoms with van der Waals surface area (Å²) >= 11 is 0. The van der Waals surface area contributed by atoms with Crippen molar-refractivity contribution in [3.63, 3.8) is 0 Å². The largest absolute Gasteiger partial charge is 0.349 e. The summed E-state index contributed by atoms with van der Waals surface area (Å²) in [6, 6.07) is 9.54. The van der Waals surface area contributed by atoms with Crippen molar-refractivity contribution >= 4 is 33.8 Å². The van der Waals surface area contributed by atoms with Crippen LogP contribution >= 0.6 is 0 Å². The van der Waals surface area contributed by atoms with Crippen LogP contribution in [-0.4, -0.2) is 61.2 Å². The fourth-order valence-electron chi connectivity index (χ4n) is 5.69. The monoisotopic (exact) mass is 455 g/mol. The summed E-state index contributed by atoms with van der Waals surface area (Å²) in [6.45, 7) is 1.38. The maximum absolute atomic E-state index is 13.4. The van der Waals surface area contributed by atoms with E-state index >= 15 is 0 Å². The van der Waals surface area contributed by atoms with Gasteiger partial charge in [-0.05, 0) is 54.7 Å². The van der Waals surface area contributed by atoms with Gasteiger partial charge in [-0.1, -0.05) is 18.6 Å². The Labute approximate surface area is 196 Å². The Kier molecular flexibility index (Phi) is 4.97. The van der Waals surface area contributed by atoms with E-state index < -0.39 is 0 Å². The SMILES string of the molecule is O=C(NC1CCCC12CCN(C(=O)c1cccc3ccncc13)CC2)c1cnc2n[nH]nc2c1. The summed E-state index contributed by atoms with van der Waals surface area (Å²) in [5.41, 5.74) is 2.28. The molecule has 0 radical (unpaired) electrons. The van der Waals surface area contributed by atoms with E-state index in [0.29, 0.717) is 35.4 Å². The zero-order valence-electron chi connectivity index (χ0n) is 18.7. The second-order valence-electron chi connectivity index (χ2n) is 9.37. The third-order valence-electron chi connectivity index (χ3n) is 7.61. The predicted molar refractivity (Wildman–Crippen MR) is 126 cm³/mol. The highest BCUT2D eigenvalue weighted by Gasteiger charge is 2.46. The number of carbonyl (C=O) groups excluding carboxylic acids is 2. The molecule has 1 atom stereocenters. The average Bonchev–Trinajstić information content (AvgIpc) is 3.50. The van der Waals surface area contributed by atoms with E-state index in [2.05, 4.69) is 30.7 Å². The Hall–Kier alpha value is -3.88. The molecule has 1 spiro atoms. The Bertz CT molecular complexity index is 1390. The van der Waals surface area contributed by atoms with E-state index in [1.165, 1.54) is 0 Å². The number of hydrogen-bond donors (Lipinski definition) is 2. The van der Waals surface area contributed by atoms with E-state index in [9.17, 15) is 9.59 Å². The first kappa shape index (κ1) is 20.7. The molecule has 2 fully saturated rings. The van der Waals surface area contributed by atoms with Crippen LogP contribution in [0.4, 0.5) is 0 Å². The fourth-order valence-corrected chi connectivity index (χ4v) is 5.69. The highest BCUT2D eigenvalue weighted by atomic mass is 16.2. The molecule has 6 rings (SSSR count). The molecule has 1 saturated carbocycles. The topological polar surface area (TPSA) is 117 Å². The van der Waals surface area contributed by atoms with Crippen LogP contribution in [0.3, 0.4) is 0 Å². The minimum atomic E-state index is -0.134. The van der Waals surface area contributed by atoms with Crippen molar-refractivity contribution in [2.75, 3.05) is 13.1 Å². The standard InChI is InChI=1S/C25H25N7O2/c33-23(17-13-20-22(27-14-17)30-31-29-20)28-21-5-2-7-25(21)8-11-32(12-9-25)24(34)18-4-1-3-16-6-10-26-15-19(16)18/h1,3-4,6,10,13-15,21H,2,5,7-9,11-12H2,(H,28,33)(H,27,29,30,31). The molecule has 9 heteroatoms. The molecule has 4 heterocycles. The number of fused-ring (bicyclic) bond motifs is 2. The molecule has 4 aromatic rings. The minimum absolute atomic E-state index is 0.0260. The van der Waals surface area contributed by atoms with Crippen molar-refractivity contribution in [1.82, 2.24) is 35.6 Å². The first-order valence-corrected chi connectivity index (χ1v) is 11.7. The molecule has 0 bridgehead atoms. The van der Waals surface area contributed by atoms with Gasteiger partial charge in [0.1, 0.15) is 5.52 Å². The number of benzene rings is 1. The number of likely N-dealkylation sites (tertiary alicyclic amines) is 1. The third kappa shape index (κ3) is 3.48. The van der Waals surface area contributed by atoms with Crippen LogP contribution in [0.1, 0.15) is 52.8 Å². The van der Waals surface area contributed by atoms with Gasteiger partial charge in [-0.2, -0.15) is 10.3 Å². The lowest BCUT2D eigenvalue weighted by molar-refractivity contribution is 0.0510. The highest BCUT2D eigenvalue weighted by molar-refractivity contribution is 6.06. The van der Waals surface area contributed by atoms with Crippen LogP contribution in [0.2, 0.25) is 0 Å². The highest BCUT2D eigenvalue weighted by Crippen LogP contribution is 2.46. The number of pyridine rings is 2. The van der Waals surface area contributed by atoms with Crippen LogP contribution in [0.5, 0.6) is 0 Å². The van der Waals surface area contributed by atoms with Crippen molar-refractivity contribution in [2.45, 2.75) is 38.1 Å². The zero-order chi connectivity index (χ0) is 23.1. The smallest absolute Gasteiger partial charge is 0.254 e. The van der Waals surface area contributed by atoms with E-state index in [0.717, 1.165) is 42.9 Å². The van der Waals surface area contributed by atoms with Gasteiger partial charge in [0, 0.05) is 48.7 Å². The van der Waals surface area contributed by atoms with Crippen LogP contribution in [0.25, 0.3) is 21.9 Å². The normalized spacial score (nSPS) is 19.6. The number of H-pyrrole nitrogens is 1. The summed E-state index contributed by atoms with van der Waals surface area (Å²) in [5, 5.41) is 15.7. The first-order valence-electron chi connectivity index (χ1n) is 11.7. The van der Waals surface area contributed by atoms with Crippen molar-refractivity contribution in [1.29, 1.82) is 0 Å². The Morgan fingerprint density at radius 1 is 1.09 bits per heavy atom. The molecule has 34 heavy (non-hydrogen) atoms. The zero-order valence-corrected chi connectivity index (χ0v) is 18.7. The molecule has 172 valence electrons. The second kappa shape index (κ2) is 8.16. The molecule has 1 aliphatic carbocycles. The number of piperidine rings is 1. The molecular weight excluding hydrogens is 430 g/mol. The molecule has 2 aliphatic rings. The minimum Gasteiger partial charge on any atom is -0.349 e. The number of aromatic amines is 1. The van der Waals surface area contributed by atoms with E-state index in [1.54, 1.807) is 24.7 Å². The van der Waals surface area contributed by atoms with Crippen LogP contribution in [-0.2, 0) is 0 Å². The number of aromatic nitrogens is 5. The maximum Gasteiger partial charge on any atom is 0.254 e. The van der Waals surface area contributed by atoms with Crippen LogP contribution in [0.15, 0.2) is 48.9 Å². The fraction of sp³-hybridized carbons (Fsp3) is 0.360. The van der Waals surface area contributed by atoms with Gasteiger partial charge in [0.15, 0.2) is 0 Å². The van der Waals surface area contributed by atoms with Gasteiger partial charge in [0.25, 0.3) is 11.8 Å². The van der Waals surface area contributed by atoms with Gasteiger partial charge in [-0.15, -0.1) is 5.10 Å². The summed E-state index contributed by atoms with van der Waals surface area (Å²) in [7, 11) is 0. The number of hydrogen-bond acceptors (Lipinski definition) is 6. The number of nitrogens with zero attached hydrogens (tertiary/aromatic N) is 5. The molecule has 1 unspecified atom stereocenters. The molecule has 1 saturated heterocycles. The predicted octanol–water partition coefficient (Wildman–Crippen LogP) is 3.11. The van der Waals surface area contributed by atoms with E-state index in [-0.39, 0.29) is 23.3 Å². The van der Waals surface area contributed by atoms with Gasteiger partial charge in [0.2, 0.25) is 5.65 Å². The summed E-state index contributed by atoms with van der Waals surface area (Å²) in [6.07, 6.45) is 9.92. The van der Waals surface area contributed by atoms with E-state index in [1.807, 2.05) is 29.2 Å². The van der Waals surface area contributed by atoms with Gasteiger partial charge in [0.05, 0.1) is 5.56 Å². The second-order valence-corrected chi connectivity index (χ2v) is 9.37. The number of amides is 2. The molecular formula is C25H25N7O2. The van der Waals surface area contributed by atoms with Crippen molar-refractivity contribution in [3.8, 4) is 0 Å². The third-order valence-corrected chi connectivity index (χ3v) is 7.61. The molecule has 3 aromatic heterocycles. The van der Waals surface area contributed by atoms with Gasteiger partial charge < -0.3 is 10.2 Å². The first-order chi connectivity index (χ1) is 16.6.